The molecule has 1 atom stereocenters. The lowest BCUT2D eigenvalue weighted by molar-refractivity contribution is -0.121. The van der Waals surface area contributed by atoms with E-state index in [-0.39, 0.29) is 5.91 Å². The van der Waals surface area contributed by atoms with Crippen LogP contribution in [0.1, 0.15) is 26.2 Å². The molecule has 1 N–H and O–H groups in total. The highest BCUT2D eigenvalue weighted by Crippen LogP contribution is 2.09. The molecule has 1 unspecified atom stereocenters. The lowest BCUT2D eigenvalue weighted by Gasteiger charge is -2.32. The summed E-state index contributed by atoms with van der Waals surface area (Å²) in [6, 6.07) is 0.357. The van der Waals surface area contributed by atoms with Gasteiger partial charge in [-0.15, -0.1) is 0 Å². The molecule has 4 heteroatoms. The molecule has 82 valence electrons. The average Bonchev–Trinajstić information content (AvgIpc) is 2.18. The van der Waals surface area contributed by atoms with Crippen molar-refractivity contribution in [2.45, 2.75) is 32.2 Å². The van der Waals surface area contributed by atoms with E-state index in [1.807, 2.05) is 0 Å². The molecule has 1 amide bonds. The number of carbonyl (C=O) groups is 1. The summed E-state index contributed by atoms with van der Waals surface area (Å²) in [7, 11) is 0. The highest BCUT2D eigenvalue weighted by atomic mass is 32.1. The number of likely N-dealkylation sites (tertiary alicyclic amines) is 1. The third-order valence-corrected chi connectivity index (χ3v) is 2.88. The molecule has 0 spiro atoms. The summed E-state index contributed by atoms with van der Waals surface area (Å²) >= 11 is 4.04. The molecule has 0 aliphatic carbocycles. The van der Waals surface area contributed by atoms with Crippen LogP contribution in [0, 0.1) is 0 Å². The summed E-state index contributed by atoms with van der Waals surface area (Å²) in [5, 5.41) is 3.05. The van der Waals surface area contributed by atoms with E-state index in [2.05, 4.69) is 29.8 Å². The Morgan fingerprint density at radius 3 is 3.07 bits per heavy atom. The van der Waals surface area contributed by atoms with Gasteiger partial charge in [-0.05, 0) is 31.7 Å². The van der Waals surface area contributed by atoms with Gasteiger partial charge in [-0.25, -0.2) is 0 Å². The number of thiol groups is 1. The molecular weight excluding hydrogens is 196 g/mol. The zero-order chi connectivity index (χ0) is 10.4. The number of amides is 1. The van der Waals surface area contributed by atoms with E-state index in [0.717, 1.165) is 19.5 Å². The van der Waals surface area contributed by atoms with Gasteiger partial charge in [0.1, 0.15) is 0 Å². The highest BCUT2D eigenvalue weighted by molar-refractivity contribution is 7.80. The van der Waals surface area contributed by atoms with E-state index >= 15 is 0 Å². The fourth-order valence-corrected chi connectivity index (χ4v) is 2.07. The monoisotopic (exact) mass is 216 g/mol. The number of likely N-dealkylation sites (N-methyl/N-ethyl adjacent to an activating group) is 1. The van der Waals surface area contributed by atoms with Crippen molar-refractivity contribution in [3.05, 3.63) is 0 Å². The molecule has 0 radical (unpaired) electrons. The predicted octanol–water partition coefficient (Wildman–Crippen LogP) is 0.907. The second kappa shape index (κ2) is 6.30. The van der Waals surface area contributed by atoms with Crippen LogP contribution in [0.4, 0.5) is 0 Å². The highest BCUT2D eigenvalue weighted by Gasteiger charge is 2.19. The van der Waals surface area contributed by atoms with Crippen LogP contribution in [-0.4, -0.2) is 42.2 Å². The summed E-state index contributed by atoms with van der Waals surface area (Å²) < 4.78 is 0. The zero-order valence-electron chi connectivity index (χ0n) is 8.83. The van der Waals surface area contributed by atoms with Gasteiger partial charge in [0.25, 0.3) is 0 Å². The van der Waals surface area contributed by atoms with Crippen LogP contribution in [0.25, 0.3) is 0 Å². The maximum Gasteiger partial charge on any atom is 0.221 e. The van der Waals surface area contributed by atoms with Gasteiger partial charge < -0.3 is 10.2 Å². The van der Waals surface area contributed by atoms with Crippen molar-refractivity contribution >= 4 is 18.5 Å². The van der Waals surface area contributed by atoms with E-state index in [1.165, 1.54) is 13.0 Å². The first-order chi connectivity index (χ1) is 6.76. The Kier molecular flexibility index (Phi) is 5.33. The second-order valence-electron chi connectivity index (χ2n) is 3.77. The molecule has 1 fully saturated rings. The van der Waals surface area contributed by atoms with Crippen molar-refractivity contribution in [1.82, 2.24) is 10.2 Å². The van der Waals surface area contributed by atoms with Crippen molar-refractivity contribution in [2.75, 3.05) is 25.4 Å². The van der Waals surface area contributed by atoms with Crippen molar-refractivity contribution in [1.29, 1.82) is 0 Å². The Balaban J connectivity index is 2.26. The number of hydrogen-bond acceptors (Lipinski definition) is 3. The van der Waals surface area contributed by atoms with Gasteiger partial charge >= 0.3 is 0 Å². The van der Waals surface area contributed by atoms with E-state index in [0.29, 0.717) is 18.2 Å². The van der Waals surface area contributed by atoms with Crippen LogP contribution < -0.4 is 5.32 Å². The van der Waals surface area contributed by atoms with Crippen LogP contribution in [0.3, 0.4) is 0 Å². The molecular formula is C10H20N2OS. The van der Waals surface area contributed by atoms with E-state index in [1.54, 1.807) is 0 Å². The number of nitrogens with zero attached hydrogens (tertiary/aromatic N) is 1. The van der Waals surface area contributed by atoms with Crippen LogP contribution in [0.5, 0.6) is 0 Å². The third-order valence-electron chi connectivity index (χ3n) is 2.66. The Bertz CT molecular complexity index is 187. The van der Waals surface area contributed by atoms with E-state index in [4.69, 9.17) is 0 Å². The predicted molar refractivity (Wildman–Crippen MR) is 61.7 cm³/mol. The fourth-order valence-electron chi connectivity index (χ4n) is 1.86. The van der Waals surface area contributed by atoms with Crippen LogP contribution in [0.15, 0.2) is 0 Å². The first kappa shape index (κ1) is 11.9. The second-order valence-corrected chi connectivity index (χ2v) is 4.22. The molecule has 1 saturated heterocycles. The van der Waals surface area contributed by atoms with Crippen molar-refractivity contribution in [3.63, 3.8) is 0 Å². The lowest BCUT2D eigenvalue weighted by Crippen LogP contribution is -2.47. The first-order valence-corrected chi connectivity index (χ1v) is 6.02. The SMILES string of the molecule is CCN1CCCC(NC(=O)CCS)C1. The summed E-state index contributed by atoms with van der Waals surface area (Å²) in [5.74, 6) is 0.777. The molecule has 0 bridgehead atoms. The fraction of sp³-hybridized carbons (Fsp3) is 0.900. The Hall–Kier alpha value is -0.220. The van der Waals surface area contributed by atoms with Crippen molar-refractivity contribution in [3.8, 4) is 0 Å². The summed E-state index contributed by atoms with van der Waals surface area (Å²) in [6.45, 7) is 5.43. The summed E-state index contributed by atoms with van der Waals surface area (Å²) in [5.41, 5.74) is 0. The number of piperidine rings is 1. The Labute approximate surface area is 91.6 Å². The zero-order valence-corrected chi connectivity index (χ0v) is 9.72. The molecule has 0 aromatic heterocycles. The molecule has 0 aromatic carbocycles. The van der Waals surface area contributed by atoms with Gasteiger partial charge in [-0.1, -0.05) is 6.92 Å². The molecule has 0 saturated carbocycles. The minimum absolute atomic E-state index is 0.142. The number of rotatable bonds is 4. The van der Waals surface area contributed by atoms with Crippen molar-refractivity contribution < 1.29 is 4.79 Å². The van der Waals surface area contributed by atoms with E-state index < -0.39 is 0 Å². The number of carbonyl (C=O) groups excluding carboxylic acids is 1. The molecule has 1 aliphatic heterocycles. The van der Waals surface area contributed by atoms with Gasteiger partial charge in [0.15, 0.2) is 0 Å². The topological polar surface area (TPSA) is 32.3 Å². The van der Waals surface area contributed by atoms with Crippen LogP contribution >= 0.6 is 12.6 Å². The quantitative estimate of drug-likeness (QED) is 0.685. The van der Waals surface area contributed by atoms with Gasteiger partial charge in [0.05, 0.1) is 0 Å². The number of hydrogen-bond donors (Lipinski definition) is 2. The Morgan fingerprint density at radius 2 is 2.43 bits per heavy atom. The summed E-state index contributed by atoms with van der Waals surface area (Å²) in [4.78, 5) is 13.7. The van der Waals surface area contributed by atoms with Crippen LogP contribution in [-0.2, 0) is 4.79 Å². The smallest absolute Gasteiger partial charge is 0.221 e. The van der Waals surface area contributed by atoms with Crippen LogP contribution in [0.2, 0.25) is 0 Å². The van der Waals surface area contributed by atoms with Gasteiger partial charge in [0, 0.05) is 19.0 Å². The van der Waals surface area contributed by atoms with E-state index in [9.17, 15) is 4.79 Å². The first-order valence-electron chi connectivity index (χ1n) is 5.38. The molecule has 3 nitrogen and oxygen atoms in total. The maximum atomic E-state index is 11.3. The molecule has 0 aromatic rings. The molecule has 1 aliphatic rings. The van der Waals surface area contributed by atoms with Gasteiger partial charge in [-0.3, -0.25) is 4.79 Å². The van der Waals surface area contributed by atoms with Gasteiger partial charge in [0.2, 0.25) is 5.91 Å². The minimum Gasteiger partial charge on any atom is -0.352 e. The minimum atomic E-state index is 0.142. The maximum absolute atomic E-state index is 11.3. The lowest BCUT2D eigenvalue weighted by atomic mass is 10.1. The summed E-state index contributed by atoms with van der Waals surface area (Å²) in [6.07, 6.45) is 2.85. The largest absolute Gasteiger partial charge is 0.352 e. The third kappa shape index (κ3) is 3.88. The number of nitrogens with one attached hydrogen (secondary N) is 1. The van der Waals surface area contributed by atoms with Gasteiger partial charge in [-0.2, -0.15) is 12.6 Å². The standard InChI is InChI=1S/C10H20N2OS/c1-2-12-6-3-4-9(8-12)11-10(13)5-7-14/h9,14H,2-8H2,1H3,(H,11,13). The average molecular weight is 216 g/mol. The molecule has 1 heterocycles. The normalized spacial score (nSPS) is 23.4. The molecule has 14 heavy (non-hydrogen) atoms. The Morgan fingerprint density at radius 1 is 1.64 bits per heavy atom. The van der Waals surface area contributed by atoms with Crippen molar-refractivity contribution in [2.24, 2.45) is 0 Å². The molecule has 1 rings (SSSR count).